The van der Waals surface area contributed by atoms with Crippen molar-refractivity contribution >= 4 is 55.6 Å². The minimum atomic E-state index is -0.959. The van der Waals surface area contributed by atoms with Crippen molar-refractivity contribution in [3.63, 3.8) is 0 Å². The van der Waals surface area contributed by atoms with E-state index in [1.54, 1.807) is 17.4 Å². The number of carboxylic acids is 1. The van der Waals surface area contributed by atoms with Gasteiger partial charge in [-0.1, -0.05) is 43.3 Å². The maximum atomic E-state index is 10.9. The largest absolute Gasteiger partial charge is 0.478 e. The molecule has 5 aromatic rings. The predicted molar refractivity (Wildman–Crippen MR) is 135 cm³/mol. The molecular weight excluding hydrogens is 430 g/mol. The summed E-state index contributed by atoms with van der Waals surface area (Å²) >= 11 is 1.64. The highest BCUT2D eigenvalue weighted by atomic mass is 32.1. The number of aromatic amines is 1. The second kappa shape index (κ2) is 8.84. The highest BCUT2D eigenvalue weighted by Gasteiger charge is 2.15. The second-order valence-electron chi connectivity index (χ2n) is 7.71. The van der Waals surface area contributed by atoms with Crippen LogP contribution in [0.5, 0.6) is 0 Å². The van der Waals surface area contributed by atoms with Crippen molar-refractivity contribution in [2.45, 2.75) is 13.3 Å². The molecular formula is C27H21N3O2S. The second-order valence-corrected chi connectivity index (χ2v) is 8.59. The van der Waals surface area contributed by atoms with Gasteiger partial charge in [0.15, 0.2) is 0 Å². The molecule has 0 bridgehead atoms. The van der Waals surface area contributed by atoms with E-state index in [2.05, 4.69) is 70.6 Å². The minimum absolute atomic E-state index is 0.843. The Morgan fingerprint density at radius 3 is 2.61 bits per heavy atom. The number of H-pyrrole nitrogens is 1. The summed E-state index contributed by atoms with van der Waals surface area (Å²) in [6.07, 6.45) is 5.45. The number of thiazole rings is 1. The maximum Gasteiger partial charge on any atom is 0.328 e. The van der Waals surface area contributed by atoms with Crippen molar-refractivity contribution in [3.05, 3.63) is 101 Å². The van der Waals surface area contributed by atoms with E-state index in [9.17, 15) is 4.79 Å². The predicted octanol–water partition coefficient (Wildman–Crippen LogP) is 6.64. The lowest BCUT2D eigenvalue weighted by Gasteiger charge is -2.17. The molecule has 0 spiro atoms. The minimum Gasteiger partial charge on any atom is -0.478 e. The molecule has 0 aliphatic rings. The maximum absolute atomic E-state index is 10.9. The summed E-state index contributed by atoms with van der Waals surface area (Å²) in [5.41, 5.74) is 10.5. The quantitative estimate of drug-likeness (QED) is 0.224. The number of allylic oxidation sites excluding steroid dienone is 1. The van der Waals surface area contributed by atoms with Crippen LogP contribution in [0.4, 0.5) is 0 Å². The SMILES string of the molecule is CC/C(=C(/c1ccc(/C=C/C(=O)O)cc1)c1ccc2[nH]ncc2c1)c1ccc2ncsc2c1. The highest BCUT2D eigenvalue weighted by Crippen LogP contribution is 2.36. The zero-order chi connectivity index (χ0) is 22.8. The molecule has 0 amide bonds. The van der Waals surface area contributed by atoms with Crippen LogP contribution in [0.25, 0.3) is 38.3 Å². The van der Waals surface area contributed by atoms with Gasteiger partial charge >= 0.3 is 5.97 Å². The summed E-state index contributed by atoms with van der Waals surface area (Å²) in [5, 5.41) is 17.2. The van der Waals surface area contributed by atoms with Crippen molar-refractivity contribution < 1.29 is 9.90 Å². The van der Waals surface area contributed by atoms with Crippen LogP contribution >= 0.6 is 11.3 Å². The van der Waals surface area contributed by atoms with Gasteiger partial charge in [-0.15, -0.1) is 11.3 Å². The number of hydrogen-bond acceptors (Lipinski definition) is 4. The van der Waals surface area contributed by atoms with Crippen LogP contribution in [0.1, 0.15) is 35.6 Å². The molecule has 0 radical (unpaired) electrons. The standard InChI is InChI=1S/C27H21N3O2S/c1-2-22(19-8-11-24-25(14-19)33-16-28-24)27(20-9-10-23-21(13-20)15-29-30-23)18-6-3-17(4-7-18)5-12-26(31)32/h3-16H,2H2,1H3,(H,29,30)(H,31,32)/b12-5+,27-22+. The van der Waals surface area contributed by atoms with Crippen LogP contribution in [0.2, 0.25) is 0 Å². The summed E-state index contributed by atoms with van der Waals surface area (Å²) in [5.74, 6) is -0.959. The smallest absolute Gasteiger partial charge is 0.328 e. The molecule has 0 aliphatic carbocycles. The Bertz CT molecular complexity index is 1520. The summed E-state index contributed by atoms with van der Waals surface area (Å²) in [4.78, 5) is 15.3. The van der Waals surface area contributed by atoms with Gasteiger partial charge in [0.25, 0.3) is 0 Å². The van der Waals surface area contributed by atoms with Crippen LogP contribution in [0.3, 0.4) is 0 Å². The van der Waals surface area contributed by atoms with Gasteiger partial charge in [-0.2, -0.15) is 5.10 Å². The lowest BCUT2D eigenvalue weighted by molar-refractivity contribution is -0.131. The van der Waals surface area contributed by atoms with E-state index in [-0.39, 0.29) is 0 Å². The Morgan fingerprint density at radius 1 is 1.03 bits per heavy atom. The van der Waals surface area contributed by atoms with Crippen LogP contribution in [0, 0.1) is 0 Å². The van der Waals surface area contributed by atoms with Gasteiger partial charge in [0, 0.05) is 11.5 Å². The number of hydrogen-bond donors (Lipinski definition) is 2. The van der Waals surface area contributed by atoms with Gasteiger partial charge in [-0.05, 0) is 70.2 Å². The van der Waals surface area contributed by atoms with E-state index < -0.39 is 5.97 Å². The van der Waals surface area contributed by atoms with E-state index >= 15 is 0 Å². The Kier molecular flexibility index (Phi) is 5.59. The Balaban J connectivity index is 1.71. The molecule has 2 heterocycles. The lowest BCUT2D eigenvalue weighted by atomic mass is 9.87. The first-order valence-electron chi connectivity index (χ1n) is 10.6. The Morgan fingerprint density at radius 2 is 1.82 bits per heavy atom. The van der Waals surface area contributed by atoms with E-state index in [0.717, 1.165) is 55.9 Å². The zero-order valence-electron chi connectivity index (χ0n) is 17.9. The normalized spacial score (nSPS) is 12.5. The monoisotopic (exact) mass is 451 g/mol. The first kappa shape index (κ1) is 20.8. The molecule has 5 rings (SSSR count). The number of fused-ring (bicyclic) bond motifs is 2. The molecule has 2 N–H and O–H groups in total. The first-order valence-corrected chi connectivity index (χ1v) is 11.5. The molecule has 3 aromatic carbocycles. The molecule has 33 heavy (non-hydrogen) atoms. The third-order valence-corrected chi connectivity index (χ3v) is 6.47. The van der Waals surface area contributed by atoms with Crippen molar-refractivity contribution in [2.75, 3.05) is 0 Å². The van der Waals surface area contributed by atoms with Crippen molar-refractivity contribution in [3.8, 4) is 0 Å². The van der Waals surface area contributed by atoms with Gasteiger partial charge in [-0.3, -0.25) is 5.10 Å². The van der Waals surface area contributed by atoms with Crippen molar-refractivity contribution in [1.29, 1.82) is 0 Å². The molecule has 0 aliphatic heterocycles. The topological polar surface area (TPSA) is 78.9 Å². The highest BCUT2D eigenvalue weighted by molar-refractivity contribution is 7.16. The molecule has 2 aromatic heterocycles. The van der Waals surface area contributed by atoms with Crippen LogP contribution in [-0.2, 0) is 4.79 Å². The number of rotatable bonds is 6. The number of carbonyl (C=O) groups is 1. The summed E-state index contributed by atoms with van der Waals surface area (Å²) in [7, 11) is 0. The van der Waals surface area contributed by atoms with E-state index in [4.69, 9.17) is 5.11 Å². The number of aromatic nitrogens is 3. The third kappa shape index (κ3) is 4.21. The molecule has 0 saturated carbocycles. The molecule has 0 saturated heterocycles. The fraction of sp³-hybridized carbons (Fsp3) is 0.0741. The fourth-order valence-electron chi connectivity index (χ4n) is 4.11. The number of aliphatic carboxylic acids is 1. The number of nitrogens with one attached hydrogen (secondary N) is 1. The molecule has 5 nitrogen and oxygen atoms in total. The Labute approximate surface area is 194 Å². The van der Waals surface area contributed by atoms with Crippen molar-refractivity contribution in [2.24, 2.45) is 0 Å². The van der Waals surface area contributed by atoms with E-state index in [0.29, 0.717) is 0 Å². The van der Waals surface area contributed by atoms with E-state index in [1.807, 2.05) is 23.8 Å². The summed E-state index contributed by atoms with van der Waals surface area (Å²) in [6, 6.07) is 20.8. The fourth-order valence-corrected chi connectivity index (χ4v) is 4.83. The molecule has 162 valence electrons. The van der Waals surface area contributed by atoms with E-state index in [1.165, 1.54) is 11.1 Å². The summed E-state index contributed by atoms with van der Waals surface area (Å²) in [6.45, 7) is 2.17. The van der Waals surface area contributed by atoms with Crippen LogP contribution in [-0.4, -0.2) is 26.3 Å². The molecule has 0 unspecified atom stereocenters. The van der Waals surface area contributed by atoms with Crippen LogP contribution < -0.4 is 0 Å². The third-order valence-electron chi connectivity index (χ3n) is 5.68. The number of nitrogens with zero attached hydrogens (tertiary/aromatic N) is 2. The number of benzene rings is 3. The summed E-state index contributed by atoms with van der Waals surface area (Å²) < 4.78 is 1.16. The van der Waals surface area contributed by atoms with Gasteiger partial charge in [-0.25, -0.2) is 9.78 Å². The van der Waals surface area contributed by atoms with Crippen LogP contribution in [0.15, 0.2) is 78.4 Å². The van der Waals surface area contributed by atoms with Crippen molar-refractivity contribution in [1.82, 2.24) is 15.2 Å². The molecule has 0 fully saturated rings. The average molecular weight is 452 g/mol. The van der Waals surface area contributed by atoms with Gasteiger partial charge in [0.2, 0.25) is 0 Å². The molecule has 0 atom stereocenters. The van der Waals surface area contributed by atoms with Gasteiger partial charge < -0.3 is 5.11 Å². The average Bonchev–Trinajstić information content (AvgIpc) is 3.50. The Hall–Kier alpha value is -4.03. The van der Waals surface area contributed by atoms with Gasteiger partial charge in [0.1, 0.15) is 0 Å². The zero-order valence-corrected chi connectivity index (χ0v) is 18.8. The lowest BCUT2D eigenvalue weighted by Crippen LogP contribution is -1.95. The molecule has 6 heteroatoms. The number of carboxylic acid groups (broad SMARTS) is 1. The van der Waals surface area contributed by atoms with Gasteiger partial charge in [0.05, 0.1) is 27.4 Å². The first-order chi connectivity index (χ1) is 16.1.